The highest BCUT2D eigenvalue weighted by Gasteiger charge is 2.50. The Hall–Kier alpha value is -3.34. The lowest BCUT2D eigenvalue weighted by molar-refractivity contribution is -0.387. The zero-order chi connectivity index (χ0) is 21.3. The van der Waals surface area contributed by atoms with Crippen LogP contribution in [0.15, 0.2) is 46.9 Å². The van der Waals surface area contributed by atoms with Gasteiger partial charge in [-0.2, -0.15) is 4.39 Å². The Balaban J connectivity index is 1.77. The van der Waals surface area contributed by atoms with Crippen LogP contribution >= 0.6 is 15.9 Å². The molecule has 2 aromatic carbocycles. The van der Waals surface area contributed by atoms with Gasteiger partial charge in [-0.15, -0.1) is 0 Å². The van der Waals surface area contributed by atoms with Gasteiger partial charge in [-0.25, -0.2) is 4.79 Å². The number of imide groups is 1. The maximum absolute atomic E-state index is 13.4. The van der Waals surface area contributed by atoms with Gasteiger partial charge in [0.15, 0.2) is 0 Å². The van der Waals surface area contributed by atoms with Crippen LogP contribution in [0, 0.1) is 15.9 Å². The van der Waals surface area contributed by atoms with Crippen LogP contribution in [0.5, 0.6) is 0 Å². The zero-order valence-electron chi connectivity index (χ0n) is 14.9. The number of anilines is 1. The van der Waals surface area contributed by atoms with E-state index in [1.165, 1.54) is 6.92 Å². The highest BCUT2D eigenvalue weighted by atomic mass is 79.9. The number of rotatable bonds is 5. The van der Waals surface area contributed by atoms with Gasteiger partial charge in [-0.3, -0.25) is 24.6 Å². The van der Waals surface area contributed by atoms with E-state index in [0.29, 0.717) is 10.0 Å². The topological polar surface area (TPSA) is 122 Å². The lowest BCUT2D eigenvalue weighted by atomic mass is 9.92. The van der Waals surface area contributed by atoms with Crippen LogP contribution in [0.2, 0.25) is 0 Å². The molecule has 1 unspecified atom stereocenters. The molecule has 1 saturated heterocycles. The molecule has 2 N–H and O–H groups in total. The normalized spacial score (nSPS) is 18.5. The highest BCUT2D eigenvalue weighted by molar-refractivity contribution is 9.10. The van der Waals surface area contributed by atoms with Crippen molar-refractivity contribution >= 4 is 45.2 Å². The van der Waals surface area contributed by atoms with Crippen molar-refractivity contribution in [2.24, 2.45) is 0 Å². The molecular formula is C18H14BrFN4O5. The fourth-order valence-corrected chi connectivity index (χ4v) is 3.65. The first kappa shape index (κ1) is 20.4. The minimum absolute atomic E-state index is 0.0382. The van der Waals surface area contributed by atoms with Gasteiger partial charge in [0, 0.05) is 21.8 Å². The van der Waals surface area contributed by atoms with Gasteiger partial charge in [-0.05, 0) is 25.1 Å². The Morgan fingerprint density at radius 1 is 1.31 bits per heavy atom. The second kappa shape index (κ2) is 7.59. The second-order valence-electron chi connectivity index (χ2n) is 6.40. The third-order valence-electron chi connectivity index (χ3n) is 4.42. The van der Waals surface area contributed by atoms with E-state index >= 15 is 0 Å². The van der Waals surface area contributed by atoms with E-state index in [1.807, 2.05) is 0 Å². The summed E-state index contributed by atoms with van der Waals surface area (Å²) in [5.74, 6) is -2.45. The van der Waals surface area contributed by atoms with Crippen molar-refractivity contribution in [1.29, 1.82) is 0 Å². The minimum atomic E-state index is -1.37. The average molecular weight is 465 g/mol. The maximum atomic E-state index is 13.4. The molecule has 11 heteroatoms. The summed E-state index contributed by atoms with van der Waals surface area (Å²) in [5, 5.41) is 15.7. The molecule has 2 aromatic rings. The van der Waals surface area contributed by atoms with E-state index < -0.39 is 46.4 Å². The Kier molecular flexibility index (Phi) is 5.33. The van der Waals surface area contributed by atoms with Crippen LogP contribution in [0.1, 0.15) is 12.5 Å². The Morgan fingerprint density at radius 2 is 2.00 bits per heavy atom. The summed E-state index contributed by atoms with van der Waals surface area (Å²) >= 11 is 3.34. The number of nitro groups is 1. The Labute approximate surface area is 172 Å². The summed E-state index contributed by atoms with van der Waals surface area (Å²) < 4.78 is 14.0. The molecule has 0 bridgehead atoms. The number of amides is 4. The average Bonchev–Trinajstić information content (AvgIpc) is 2.87. The number of nitrogens with one attached hydrogen (secondary N) is 2. The number of urea groups is 1. The first-order valence-electron chi connectivity index (χ1n) is 8.26. The first-order chi connectivity index (χ1) is 13.6. The number of hydrogen-bond donors (Lipinski definition) is 2. The first-order valence-corrected chi connectivity index (χ1v) is 9.05. The van der Waals surface area contributed by atoms with Gasteiger partial charge in [0.1, 0.15) is 12.1 Å². The van der Waals surface area contributed by atoms with Gasteiger partial charge in [0.2, 0.25) is 11.7 Å². The lowest BCUT2D eigenvalue weighted by Crippen LogP contribution is -2.42. The van der Waals surface area contributed by atoms with E-state index in [-0.39, 0.29) is 5.69 Å². The largest absolute Gasteiger partial charge is 0.325 e. The molecule has 0 spiro atoms. The van der Waals surface area contributed by atoms with E-state index in [2.05, 4.69) is 26.6 Å². The number of nitrogens with zero attached hydrogens (tertiary/aromatic N) is 2. The lowest BCUT2D eigenvalue weighted by Gasteiger charge is -2.23. The fraction of sp³-hybridized carbons (Fsp3) is 0.167. The van der Waals surface area contributed by atoms with Gasteiger partial charge in [0.25, 0.3) is 5.91 Å². The summed E-state index contributed by atoms with van der Waals surface area (Å²) in [7, 11) is 0. The predicted molar refractivity (Wildman–Crippen MR) is 103 cm³/mol. The molecule has 4 amide bonds. The summed E-state index contributed by atoms with van der Waals surface area (Å²) in [6.07, 6.45) is 0. The number of carbonyl (C=O) groups excluding carboxylic acids is 3. The van der Waals surface area contributed by atoms with Crippen molar-refractivity contribution < 1.29 is 23.7 Å². The third-order valence-corrected chi connectivity index (χ3v) is 5.11. The molecule has 150 valence electrons. The number of halogens is 2. The van der Waals surface area contributed by atoms with Crippen LogP contribution in [0.3, 0.4) is 0 Å². The molecule has 1 heterocycles. The Bertz CT molecular complexity index is 1050. The zero-order valence-corrected chi connectivity index (χ0v) is 16.5. The molecule has 1 aliphatic heterocycles. The number of benzene rings is 2. The van der Waals surface area contributed by atoms with Crippen molar-refractivity contribution in [3.8, 4) is 0 Å². The molecule has 0 aliphatic carbocycles. The molecule has 9 nitrogen and oxygen atoms in total. The number of hydrogen-bond acceptors (Lipinski definition) is 5. The molecule has 3 rings (SSSR count). The molecule has 1 atom stereocenters. The van der Waals surface area contributed by atoms with Crippen molar-refractivity contribution in [3.63, 3.8) is 0 Å². The molecule has 0 radical (unpaired) electrons. The molecule has 1 aliphatic rings. The Morgan fingerprint density at radius 3 is 2.66 bits per heavy atom. The van der Waals surface area contributed by atoms with E-state index in [9.17, 15) is 28.9 Å². The van der Waals surface area contributed by atoms with Crippen molar-refractivity contribution in [1.82, 2.24) is 10.2 Å². The van der Waals surface area contributed by atoms with Crippen LogP contribution < -0.4 is 10.6 Å². The summed E-state index contributed by atoms with van der Waals surface area (Å²) in [6.45, 7) is 0.907. The standard InChI is InChI=1S/C18H14BrFN4O5/c1-18(11-4-2-3-5-12(11)19)16(26)23(17(27)22-18)9-15(25)21-10-6-7-13(20)14(8-10)24(28)29/h2-8H,9H2,1H3,(H,21,25)(H,22,27). The summed E-state index contributed by atoms with van der Waals surface area (Å²) in [4.78, 5) is 48.1. The smallest absolute Gasteiger partial charge is 0.324 e. The molecular weight excluding hydrogens is 451 g/mol. The monoisotopic (exact) mass is 464 g/mol. The molecule has 0 aromatic heterocycles. The summed E-state index contributed by atoms with van der Waals surface area (Å²) in [5.41, 5.74) is -1.69. The van der Waals surface area contributed by atoms with Gasteiger partial charge >= 0.3 is 11.7 Å². The second-order valence-corrected chi connectivity index (χ2v) is 7.25. The van der Waals surface area contributed by atoms with Crippen molar-refractivity contribution in [2.75, 3.05) is 11.9 Å². The van der Waals surface area contributed by atoms with E-state index in [1.54, 1.807) is 24.3 Å². The van der Waals surface area contributed by atoms with Crippen molar-refractivity contribution in [3.05, 3.63) is 68.4 Å². The fourth-order valence-electron chi connectivity index (χ4n) is 2.96. The van der Waals surface area contributed by atoms with Gasteiger partial charge < -0.3 is 10.6 Å². The van der Waals surface area contributed by atoms with Crippen LogP contribution in [0.4, 0.5) is 20.6 Å². The van der Waals surface area contributed by atoms with Crippen LogP contribution in [-0.2, 0) is 15.1 Å². The molecule has 0 saturated carbocycles. The van der Waals surface area contributed by atoms with Gasteiger partial charge in [-0.1, -0.05) is 34.1 Å². The maximum Gasteiger partial charge on any atom is 0.325 e. The van der Waals surface area contributed by atoms with Crippen LogP contribution in [0.25, 0.3) is 0 Å². The minimum Gasteiger partial charge on any atom is -0.324 e. The van der Waals surface area contributed by atoms with E-state index in [4.69, 9.17) is 0 Å². The molecule has 29 heavy (non-hydrogen) atoms. The SMILES string of the molecule is CC1(c2ccccc2Br)NC(=O)N(CC(=O)Nc2ccc(F)c([N+](=O)[O-])c2)C1=O. The highest BCUT2D eigenvalue weighted by Crippen LogP contribution is 2.33. The quantitative estimate of drug-likeness (QED) is 0.400. The van der Waals surface area contributed by atoms with Crippen LogP contribution in [-0.4, -0.2) is 34.2 Å². The predicted octanol–water partition coefficient (Wildman–Crippen LogP) is 2.90. The number of nitro benzene ring substituents is 1. The van der Waals surface area contributed by atoms with E-state index in [0.717, 1.165) is 23.1 Å². The third kappa shape index (κ3) is 3.81. The number of carbonyl (C=O) groups is 3. The van der Waals surface area contributed by atoms with Crippen molar-refractivity contribution in [2.45, 2.75) is 12.5 Å². The molecule has 1 fully saturated rings. The summed E-state index contributed by atoms with van der Waals surface area (Å²) in [6, 6.07) is 8.92. The van der Waals surface area contributed by atoms with Gasteiger partial charge in [0.05, 0.1) is 4.92 Å².